The van der Waals surface area contributed by atoms with Gasteiger partial charge in [0.25, 0.3) is 0 Å². The molecule has 1 saturated carbocycles. The van der Waals surface area contributed by atoms with Gasteiger partial charge in [-0.1, -0.05) is 20.8 Å². The largest absolute Gasteiger partial charge is 0.366 e. The number of carbonyl (C=O) groups excluding carboxylic acids is 4. The fourth-order valence-corrected chi connectivity index (χ4v) is 4.45. The smallest absolute Gasteiger partial charge is 0.248 e. The fraction of sp³-hybridized carbons (Fsp3) is 0.524. The van der Waals surface area contributed by atoms with E-state index in [4.69, 9.17) is 5.73 Å². The average Bonchev–Trinajstić information content (AvgIpc) is 2.82. The highest BCUT2D eigenvalue weighted by atomic mass is 16.2. The molecule has 7 nitrogen and oxygen atoms in total. The summed E-state index contributed by atoms with van der Waals surface area (Å²) in [6.45, 7) is 6.23. The summed E-state index contributed by atoms with van der Waals surface area (Å²) in [7, 11) is 0. The van der Waals surface area contributed by atoms with E-state index in [1.807, 2.05) is 20.8 Å². The van der Waals surface area contributed by atoms with Crippen LogP contribution in [0.25, 0.3) is 0 Å². The molecule has 2 fully saturated rings. The number of carbonyl (C=O) groups is 4. The first-order valence-electron chi connectivity index (χ1n) is 9.63. The number of nitrogens with zero attached hydrogens (tertiary/aromatic N) is 1. The number of nitrogens with one attached hydrogen (secondary N) is 1. The van der Waals surface area contributed by atoms with Crippen molar-refractivity contribution in [1.29, 1.82) is 0 Å². The lowest BCUT2D eigenvalue weighted by Crippen LogP contribution is -2.59. The van der Waals surface area contributed by atoms with E-state index in [0.717, 1.165) is 12.8 Å². The molecule has 2 unspecified atom stereocenters. The fourth-order valence-electron chi connectivity index (χ4n) is 4.45. The third kappa shape index (κ3) is 3.19. The molecule has 2 bridgehead atoms. The van der Waals surface area contributed by atoms with Crippen LogP contribution in [0.5, 0.6) is 0 Å². The van der Waals surface area contributed by atoms with Gasteiger partial charge >= 0.3 is 0 Å². The van der Waals surface area contributed by atoms with Crippen molar-refractivity contribution in [2.75, 3.05) is 11.9 Å². The molecule has 1 saturated heterocycles. The van der Waals surface area contributed by atoms with Crippen molar-refractivity contribution in [1.82, 2.24) is 4.90 Å². The summed E-state index contributed by atoms with van der Waals surface area (Å²) in [6.07, 6.45) is 2.07. The van der Waals surface area contributed by atoms with Crippen molar-refractivity contribution in [3.05, 3.63) is 29.8 Å². The molecule has 1 aliphatic heterocycles. The maximum Gasteiger partial charge on any atom is 0.248 e. The van der Waals surface area contributed by atoms with Crippen LogP contribution < -0.4 is 11.1 Å². The molecule has 7 heteroatoms. The zero-order chi connectivity index (χ0) is 20.7. The van der Waals surface area contributed by atoms with Crippen LogP contribution in [0.3, 0.4) is 0 Å². The molecule has 150 valence electrons. The molecule has 3 rings (SSSR count). The normalized spacial score (nSPS) is 25.7. The minimum Gasteiger partial charge on any atom is -0.366 e. The van der Waals surface area contributed by atoms with Crippen LogP contribution in [-0.4, -0.2) is 35.1 Å². The Labute approximate surface area is 164 Å². The number of imide groups is 1. The summed E-state index contributed by atoms with van der Waals surface area (Å²) in [5.41, 5.74) is 5.27. The van der Waals surface area contributed by atoms with Crippen molar-refractivity contribution in [2.24, 2.45) is 22.5 Å². The van der Waals surface area contributed by atoms with Gasteiger partial charge in [0.2, 0.25) is 23.6 Å². The second kappa shape index (κ2) is 7.04. The van der Waals surface area contributed by atoms with Crippen LogP contribution >= 0.6 is 0 Å². The van der Waals surface area contributed by atoms with Gasteiger partial charge in [0.15, 0.2) is 0 Å². The van der Waals surface area contributed by atoms with Gasteiger partial charge in [0.1, 0.15) is 0 Å². The van der Waals surface area contributed by atoms with Gasteiger partial charge in [0, 0.05) is 30.1 Å². The Kier molecular flexibility index (Phi) is 5.04. The van der Waals surface area contributed by atoms with Crippen LogP contribution in [-0.2, 0) is 14.4 Å². The zero-order valence-corrected chi connectivity index (χ0v) is 16.6. The Morgan fingerprint density at radius 2 is 1.82 bits per heavy atom. The second-order valence-electron chi connectivity index (χ2n) is 8.53. The van der Waals surface area contributed by atoms with Crippen LogP contribution in [0.4, 0.5) is 5.69 Å². The van der Waals surface area contributed by atoms with Gasteiger partial charge < -0.3 is 11.1 Å². The van der Waals surface area contributed by atoms with Crippen LogP contribution in [0.2, 0.25) is 0 Å². The number of amides is 4. The third-order valence-corrected chi connectivity index (χ3v) is 6.75. The molecule has 2 aliphatic rings. The highest BCUT2D eigenvalue weighted by Crippen LogP contribution is 2.60. The summed E-state index contributed by atoms with van der Waals surface area (Å²) in [4.78, 5) is 50.3. The van der Waals surface area contributed by atoms with E-state index in [0.29, 0.717) is 17.7 Å². The van der Waals surface area contributed by atoms with Crippen LogP contribution in [0.1, 0.15) is 56.8 Å². The van der Waals surface area contributed by atoms with Gasteiger partial charge in [-0.2, -0.15) is 0 Å². The topological polar surface area (TPSA) is 110 Å². The Morgan fingerprint density at radius 3 is 2.43 bits per heavy atom. The van der Waals surface area contributed by atoms with E-state index in [-0.39, 0.29) is 42.0 Å². The molecule has 28 heavy (non-hydrogen) atoms. The lowest BCUT2D eigenvalue weighted by Gasteiger charge is -2.47. The highest BCUT2D eigenvalue weighted by Gasteiger charge is 2.64. The highest BCUT2D eigenvalue weighted by molar-refractivity contribution is 6.04. The minimum absolute atomic E-state index is 0.104. The lowest BCUT2D eigenvalue weighted by atomic mass is 9.62. The van der Waals surface area contributed by atoms with Crippen LogP contribution in [0, 0.1) is 16.7 Å². The van der Waals surface area contributed by atoms with E-state index in [1.165, 1.54) is 4.90 Å². The number of fused-ring (bicyclic) bond motifs is 2. The standard InChI is InChI=1S/C21H27N3O4/c1-20(2)15-10-11-21(20,3)19(28)24(18(15)27)12-4-5-16(25)23-14-8-6-13(7-9-14)17(22)26/h6-9,15H,4-5,10-12H2,1-3H3,(H2,22,26)(H,23,25). The van der Waals surface area contributed by atoms with Gasteiger partial charge in [-0.25, -0.2) is 0 Å². The average molecular weight is 385 g/mol. The minimum atomic E-state index is -0.528. The Hall–Kier alpha value is -2.70. The van der Waals surface area contributed by atoms with E-state index in [9.17, 15) is 19.2 Å². The molecule has 1 aromatic rings. The summed E-state index contributed by atoms with van der Waals surface area (Å²) < 4.78 is 0. The van der Waals surface area contributed by atoms with Crippen molar-refractivity contribution in [3.63, 3.8) is 0 Å². The molecule has 0 aromatic heterocycles. The van der Waals surface area contributed by atoms with Crippen molar-refractivity contribution < 1.29 is 19.2 Å². The molecule has 1 heterocycles. The summed E-state index contributed by atoms with van der Waals surface area (Å²) in [5.74, 6) is -1.09. The molecule has 2 atom stereocenters. The van der Waals surface area contributed by atoms with E-state index >= 15 is 0 Å². The number of piperidine rings is 1. The molecule has 1 aromatic carbocycles. The molecule has 0 spiro atoms. The lowest BCUT2D eigenvalue weighted by molar-refractivity contribution is -0.168. The number of anilines is 1. The number of hydrogen-bond acceptors (Lipinski definition) is 4. The zero-order valence-electron chi connectivity index (χ0n) is 16.6. The Balaban J connectivity index is 1.55. The van der Waals surface area contributed by atoms with Crippen molar-refractivity contribution >= 4 is 29.3 Å². The molecule has 1 aliphatic carbocycles. The molecular formula is C21H27N3O4. The maximum atomic E-state index is 13.0. The third-order valence-electron chi connectivity index (χ3n) is 6.75. The van der Waals surface area contributed by atoms with Gasteiger partial charge in [-0.05, 0) is 48.9 Å². The molecule has 0 radical (unpaired) electrons. The number of primary amides is 1. The monoisotopic (exact) mass is 385 g/mol. The summed E-state index contributed by atoms with van der Waals surface area (Å²) in [5, 5.41) is 2.74. The Bertz CT molecular complexity index is 831. The number of nitrogens with two attached hydrogens (primary N) is 1. The molecular weight excluding hydrogens is 358 g/mol. The molecule has 4 amide bonds. The first-order valence-corrected chi connectivity index (χ1v) is 9.63. The van der Waals surface area contributed by atoms with E-state index in [1.54, 1.807) is 24.3 Å². The SMILES string of the molecule is CC12CCC(C(=O)N(CCCC(=O)Nc3ccc(C(N)=O)cc3)C1=O)C2(C)C. The second-order valence-corrected chi connectivity index (χ2v) is 8.53. The van der Waals surface area contributed by atoms with E-state index in [2.05, 4.69) is 5.32 Å². The van der Waals surface area contributed by atoms with Gasteiger partial charge in [-0.15, -0.1) is 0 Å². The predicted octanol–water partition coefficient (Wildman–Crippen LogP) is 2.32. The number of likely N-dealkylation sites (tertiary alicyclic amines) is 1. The van der Waals surface area contributed by atoms with Crippen LogP contribution in [0.15, 0.2) is 24.3 Å². The maximum absolute atomic E-state index is 13.0. The molecule has 3 N–H and O–H groups in total. The predicted molar refractivity (Wildman–Crippen MR) is 104 cm³/mol. The Morgan fingerprint density at radius 1 is 1.18 bits per heavy atom. The van der Waals surface area contributed by atoms with Gasteiger partial charge in [0.05, 0.1) is 5.41 Å². The first-order chi connectivity index (χ1) is 13.1. The van der Waals surface area contributed by atoms with E-state index < -0.39 is 11.3 Å². The summed E-state index contributed by atoms with van der Waals surface area (Å²) in [6, 6.07) is 6.30. The van der Waals surface area contributed by atoms with Gasteiger partial charge in [-0.3, -0.25) is 24.1 Å². The first kappa shape index (κ1) is 20.0. The number of hydrogen-bond donors (Lipinski definition) is 2. The summed E-state index contributed by atoms with van der Waals surface area (Å²) >= 11 is 0. The number of rotatable bonds is 6. The quantitative estimate of drug-likeness (QED) is 0.732. The van der Waals surface area contributed by atoms with Crippen molar-refractivity contribution in [3.8, 4) is 0 Å². The van der Waals surface area contributed by atoms with Crippen molar-refractivity contribution in [2.45, 2.75) is 46.5 Å². The number of benzene rings is 1.